The summed E-state index contributed by atoms with van der Waals surface area (Å²) >= 11 is 0. The Bertz CT molecular complexity index is 386. The molecule has 1 nitrogen and oxygen atoms in total. The van der Waals surface area contributed by atoms with Gasteiger partial charge in [0.15, 0.2) is 0 Å². The summed E-state index contributed by atoms with van der Waals surface area (Å²) in [5, 5.41) is 0. The van der Waals surface area contributed by atoms with Crippen molar-refractivity contribution < 1.29 is 7.13 Å². The van der Waals surface area contributed by atoms with Crippen LogP contribution >= 0.6 is 0 Å². The van der Waals surface area contributed by atoms with E-state index >= 15 is 0 Å². The molecule has 0 bridgehead atoms. The Morgan fingerprint density at radius 2 is 2.20 bits per heavy atom. The van der Waals surface area contributed by atoms with Crippen LogP contribution in [0.3, 0.4) is 0 Å². The number of likely N-dealkylation sites (N-methyl/N-ethyl adjacent to an activating group) is 1. The van der Waals surface area contributed by atoms with Gasteiger partial charge in [-0.1, -0.05) is 36.3 Å². The second kappa shape index (κ2) is 6.21. The molecule has 0 radical (unpaired) electrons. The van der Waals surface area contributed by atoms with Crippen LogP contribution in [-0.2, 0) is 6.42 Å². The summed E-state index contributed by atoms with van der Waals surface area (Å²) in [6.45, 7) is -2.56. The summed E-state index contributed by atoms with van der Waals surface area (Å²) in [6.07, 6.45) is 5.54. The van der Waals surface area contributed by atoms with Crippen LogP contribution < -0.4 is 0 Å². The zero-order chi connectivity index (χ0) is 12.9. The van der Waals surface area contributed by atoms with Crippen LogP contribution in [0, 0.1) is 12.3 Å². The monoisotopic (exact) mass is 207 g/mol. The highest BCUT2D eigenvalue weighted by molar-refractivity contribution is 5.16. The van der Waals surface area contributed by atoms with Crippen molar-refractivity contribution in [2.24, 2.45) is 0 Å². The van der Waals surface area contributed by atoms with E-state index in [1.165, 1.54) is 11.9 Å². The summed E-state index contributed by atoms with van der Waals surface area (Å²) in [5.74, 6) is 2.03. The quantitative estimate of drug-likeness (QED) is 0.669. The lowest BCUT2D eigenvalue weighted by Gasteiger charge is -2.23. The van der Waals surface area contributed by atoms with Crippen LogP contribution in [0.25, 0.3) is 0 Å². The first-order chi connectivity index (χ1) is 8.01. The van der Waals surface area contributed by atoms with Crippen LogP contribution in [0.15, 0.2) is 30.3 Å². The number of halogens is 1. The van der Waals surface area contributed by atoms with E-state index in [4.69, 9.17) is 9.16 Å². The number of terminal acetylenes is 1. The SMILES string of the molecule is [2H]C([2H])(C#C)N(C)[C@H](CF)Cc1ccccc1. The number of nitrogens with zero attached hydrogens (tertiary/aromatic N) is 1. The Kier molecular flexibility index (Phi) is 3.70. The maximum atomic E-state index is 13.0. The molecule has 1 aromatic rings. The van der Waals surface area contributed by atoms with Gasteiger partial charge in [-0.3, -0.25) is 4.90 Å². The minimum Gasteiger partial charge on any atom is -0.289 e. The molecule has 0 spiro atoms. The minimum atomic E-state index is -1.93. The first kappa shape index (κ1) is 8.94. The van der Waals surface area contributed by atoms with Crippen LogP contribution in [0.5, 0.6) is 0 Å². The fourth-order valence-corrected chi connectivity index (χ4v) is 1.37. The molecular weight excluding hydrogens is 189 g/mol. The summed E-state index contributed by atoms with van der Waals surface area (Å²) < 4.78 is 28.1. The van der Waals surface area contributed by atoms with Crippen molar-refractivity contribution in [3.63, 3.8) is 0 Å². The molecule has 80 valence electrons. The average molecular weight is 207 g/mol. The van der Waals surface area contributed by atoms with Crippen LogP contribution in [0.2, 0.25) is 0 Å². The molecule has 0 saturated heterocycles. The molecule has 0 N–H and O–H groups in total. The van der Waals surface area contributed by atoms with Crippen molar-refractivity contribution in [2.75, 3.05) is 20.2 Å². The normalized spacial score (nSPS) is 15.3. The molecule has 0 heterocycles. The van der Waals surface area contributed by atoms with E-state index in [0.29, 0.717) is 6.42 Å². The number of rotatable bonds is 5. The topological polar surface area (TPSA) is 3.24 Å². The highest BCUT2D eigenvalue weighted by atomic mass is 19.1. The number of alkyl halides is 1. The number of hydrogen-bond donors (Lipinski definition) is 0. The first-order valence-electron chi connectivity index (χ1n) is 5.82. The maximum absolute atomic E-state index is 13.0. The largest absolute Gasteiger partial charge is 0.289 e. The van der Waals surface area contributed by atoms with Crippen molar-refractivity contribution in [1.82, 2.24) is 4.90 Å². The van der Waals surface area contributed by atoms with E-state index in [1.54, 1.807) is 0 Å². The van der Waals surface area contributed by atoms with Gasteiger partial charge in [0.25, 0.3) is 0 Å². The standard InChI is InChI=1S/C13H16FN/c1-3-9-15(2)13(11-14)10-12-7-5-4-6-8-12/h1,4-8,13H,9-11H2,2H3/t13-/m0/s1/i9D2. The number of hydrogen-bond acceptors (Lipinski definition) is 1. The van der Waals surface area contributed by atoms with Crippen molar-refractivity contribution >= 4 is 0 Å². The lowest BCUT2D eigenvalue weighted by atomic mass is 10.1. The fraction of sp³-hybridized carbons (Fsp3) is 0.385. The van der Waals surface area contributed by atoms with E-state index in [2.05, 4.69) is 0 Å². The van der Waals surface area contributed by atoms with Gasteiger partial charge in [0, 0.05) is 6.04 Å². The van der Waals surface area contributed by atoms with Crippen molar-refractivity contribution in [2.45, 2.75) is 12.5 Å². The van der Waals surface area contributed by atoms with E-state index in [9.17, 15) is 4.39 Å². The highest BCUT2D eigenvalue weighted by Gasteiger charge is 2.13. The van der Waals surface area contributed by atoms with Gasteiger partial charge >= 0.3 is 0 Å². The lowest BCUT2D eigenvalue weighted by molar-refractivity contribution is 0.220. The Labute approximate surface area is 93.7 Å². The van der Waals surface area contributed by atoms with Crippen LogP contribution in [0.1, 0.15) is 8.30 Å². The third kappa shape index (κ3) is 3.73. The second-order valence-corrected chi connectivity index (χ2v) is 3.36. The molecule has 0 amide bonds. The molecule has 0 aliphatic heterocycles. The maximum Gasteiger partial charge on any atom is 0.105 e. The molecule has 0 aromatic heterocycles. The van der Waals surface area contributed by atoms with Gasteiger partial charge in [0.05, 0.1) is 9.24 Å². The van der Waals surface area contributed by atoms with Gasteiger partial charge in [-0.15, -0.1) is 6.42 Å². The fourth-order valence-electron chi connectivity index (χ4n) is 1.37. The molecule has 0 aliphatic carbocycles. The van der Waals surface area contributed by atoms with Gasteiger partial charge in [0.1, 0.15) is 6.67 Å². The van der Waals surface area contributed by atoms with Crippen molar-refractivity contribution in [1.29, 1.82) is 0 Å². The Hall–Kier alpha value is -1.33. The van der Waals surface area contributed by atoms with E-state index < -0.39 is 19.2 Å². The predicted molar refractivity (Wildman–Crippen MR) is 61.4 cm³/mol. The van der Waals surface area contributed by atoms with Crippen molar-refractivity contribution in [3.8, 4) is 12.3 Å². The molecular formula is C13H16FN. The smallest absolute Gasteiger partial charge is 0.105 e. The Balaban J connectivity index is 2.77. The third-order valence-corrected chi connectivity index (χ3v) is 2.28. The predicted octanol–water partition coefficient (Wildman–Crippen LogP) is 2.13. The lowest BCUT2D eigenvalue weighted by Crippen LogP contribution is -2.35. The minimum absolute atomic E-state index is 0.440. The van der Waals surface area contributed by atoms with Crippen molar-refractivity contribution in [3.05, 3.63) is 35.9 Å². The van der Waals surface area contributed by atoms with Gasteiger partial charge in [-0.05, 0) is 19.0 Å². The zero-order valence-corrected chi connectivity index (χ0v) is 8.78. The second-order valence-electron chi connectivity index (χ2n) is 3.36. The third-order valence-electron chi connectivity index (χ3n) is 2.28. The van der Waals surface area contributed by atoms with Gasteiger partial charge in [-0.2, -0.15) is 0 Å². The molecule has 0 fully saturated rings. The molecule has 0 saturated carbocycles. The summed E-state index contributed by atoms with van der Waals surface area (Å²) in [4.78, 5) is 1.26. The zero-order valence-electron chi connectivity index (χ0n) is 10.8. The van der Waals surface area contributed by atoms with Gasteiger partial charge < -0.3 is 0 Å². The molecule has 1 aromatic carbocycles. The molecule has 1 atom stereocenters. The van der Waals surface area contributed by atoms with E-state index in [1.807, 2.05) is 36.3 Å². The van der Waals surface area contributed by atoms with E-state index in [0.717, 1.165) is 5.56 Å². The Morgan fingerprint density at radius 1 is 1.53 bits per heavy atom. The van der Waals surface area contributed by atoms with Gasteiger partial charge in [-0.25, -0.2) is 4.39 Å². The summed E-state index contributed by atoms with van der Waals surface area (Å²) in [6, 6.07) is 8.87. The van der Waals surface area contributed by atoms with Crippen LogP contribution in [0.4, 0.5) is 4.39 Å². The Morgan fingerprint density at radius 3 is 2.73 bits per heavy atom. The average Bonchev–Trinajstić information content (AvgIpc) is 2.36. The van der Waals surface area contributed by atoms with Gasteiger partial charge in [0.2, 0.25) is 0 Å². The summed E-state index contributed by atoms with van der Waals surface area (Å²) in [7, 11) is 1.51. The first-order valence-corrected chi connectivity index (χ1v) is 4.82. The summed E-state index contributed by atoms with van der Waals surface area (Å²) in [5.41, 5.74) is 0.967. The number of benzene rings is 1. The molecule has 0 aliphatic rings. The molecule has 15 heavy (non-hydrogen) atoms. The molecule has 2 heteroatoms. The highest BCUT2D eigenvalue weighted by Crippen LogP contribution is 2.08. The van der Waals surface area contributed by atoms with Crippen LogP contribution in [-0.4, -0.2) is 31.2 Å². The molecule has 1 rings (SSSR count). The molecule has 0 unspecified atom stereocenters. The van der Waals surface area contributed by atoms with E-state index in [-0.39, 0.29) is 0 Å².